The normalized spacial score (nSPS) is 11.1. The van der Waals surface area contributed by atoms with Crippen LogP contribution in [0.1, 0.15) is 5.56 Å². The molecule has 6 nitrogen and oxygen atoms in total. The highest BCUT2D eigenvalue weighted by Gasteiger charge is 2.17. The van der Waals surface area contributed by atoms with Crippen LogP contribution in [0.25, 0.3) is 0 Å². The third-order valence-corrected chi connectivity index (χ3v) is 3.78. The number of nitrogens with zero attached hydrogens (tertiary/aromatic N) is 1. The van der Waals surface area contributed by atoms with Gasteiger partial charge in [0.1, 0.15) is 10.8 Å². The first-order chi connectivity index (χ1) is 8.50. The molecular formula is C10H10N4O2S2. The summed E-state index contributed by atoms with van der Waals surface area (Å²) in [6.07, 6.45) is 1.37. The van der Waals surface area contributed by atoms with Crippen molar-refractivity contribution in [2.45, 2.75) is 4.90 Å². The van der Waals surface area contributed by atoms with Gasteiger partial charge in [-0.1, -0.05) is 30.4 Å². The molecule has 1 aromatic heterocycles. The molecule has 0 saturated heterocycles. The predicted molar refractivity (Wildman–Crippen MR) is 71.7 cm³/mol. The smallest absolute Gasteiger partial charge is 0.263 e. The number of H-pyrrole nitrogens is 1. The topological polar surface area (TPSA) is 101 Å². The van der Waals surface area contributed by atoms with Gasteiger partial charge in [0.25, 0.3) is 10.0 Å². The van der Waals surface area contributed by atoms with Crippen LogP contribution in [-0.2, 0) is 10.0 Å². The first kappa shape index (κ1) is 12.5. The zero-order chi connectivity index (χ0) is 13.2. The largest absolute Gasteiger partial charge is 0.389 e. The molecule has 0 aliphatic heterocycles. The molecule has 4 N–H and O–H groups in total. The fraction of sp³-hybridized carbons (Fsp3) is 0. The fourth-order valence-corrected chi connectivity index (χ4v) is 2.56. The zero-order valence-electron chi connectivity index (χ0n) is 9.12. The van der Waals surface area contributed by atoms with E-state index in [1.165, 1.54) is 18.3 Å². The van der Waals surface area contributed by atoms with Crippen molar-refractivity contribution in [1.29, 1.82) is 0 Å². The molecule has 1 heterocycles. The third kappa shape index (κ3) is 2.49. The Kier molecular flexibility index (Phi) is 3.30. The average molecular weight is 282 g/mol. The van der Waals surface area contributed by atoms with Gasteiger partial charge in [0, 0.05) is 0 Å². The number of rotatable bonds is 4. The van der Waals surface area contributed by atoms with Crippen LogP contribution in [0.2, 0.25) is 0 Å². The molecule has 0 radical (unpaired) electrons. The minimum atomic E-state index is -3.68. The van der Waals surface area contributed by atoms with Gasteiger partial charge < -0.3 is 5.73 Å². The number of nitrogens with one attached hydrogen (secondary N) is 2. The lowest BCUT2D eigenvalue weighted by Gasteiger charge is -2.07. The molecule has 0 aliphatic carbocycles. The highest BCUT2D eigenvalue weighted by molar-refractivity contribution is 7.92. The van der Waals surface area contributed by atoms with E-state index in [1.807, 2.05) is 0 Å². The molecule has 94 valence electrons. The molecule has 0 fully saturated rings. The van der Waals surface area contributed by atoms with Gasteiger partial charge in [-0.15, -0.1) is 0 Å². The molecule has 0 amide bonds. The quantitative estimate of drug-likeness (QED) is 0.722. The van der Waals surface area contributed by atoms with Gasteiger partial charge in [0.2, 0.25) is 0 Å². The highest BCUT2D eigenvalue weighted by atomic mass is 32.2. The lowest BCUT2D eigenvalue weighted by atomic mass is 10.3. The summed E-state index contributed by atoms with van der Waals surface area (Å²) in [5.41, 5.74) is 5.80. The van der Waals surface area contributed by atoms with E-state index in [9.17, 15) is 8.42 Å². The third-order valence-electron chi connectivity index (χ3n) is 2.19. The minimum absolute atomic E-state index is 0.0644. The van der Waals surface area contributed by atoms with Gasteiger partial charge in [0.05, 0.1) is 16.7 Å². The van der Waals surface area contributed by atoms with Crippen molar-refractivity contribution in [3.05, 3.63) is 42.1 Å². The molecule has 0 spiro atoms. The van der Waals surface area contributed by atoms with E-state index in [4.69, 9.17) is 18.0 Å². The Hall–Kier alpha value is -1.93. The van der Waals surface area contributed by atoms with Gasteiger partial charge in [-0.3, -0.25) is 9.82 Å². The van der Waals surface area contributed by atoms with Crippen molar-refractivity contribution in [2.75, 3.05) is 4.72 Å². The first-order valence-electron chi connectivity index (χ1n) is 4.92. The van der Waals surface area contributed by atoms with Gasteiger partial charge in [-0.05, 0) is 12.1 Å². The van der Waals surface area contributed by atoms with Crippen LogP contribution < -0.4 is 10.5 Å². The maximum absolute atomic E-state index is 12.0. The molecule has 0 unspecified atom stereocenters. The monoisotopic (exact) mass is 282 g/mol. The van der Waals surface area contributed by atoms with Gasteiger partial charge in [-0.25, -0.2) is 8.42 Å². The van der Waals surface area contributed by atoms with Gasteiger partial charge in [0.15, 0.2) is 0 Å². The summed E-state index contributed by atoms with van der Waals surface area (Å²) in [7, 11) is -3.68. The van der Waals surface area contributed by atoms with Crippen LogP contribution in [0.4, 0.5) is 5.82 Å². The van der Waals surface area contributed by atoms with Crippen LogP contribution in [0.5, 0.6) is 0 Å². The van der Waals surface area contributed by atoms with Crippen LogP contribution in [0.15, 0.2) is 41.4 Å². The maximum Gasteiger partial charge on any atom is 0.263 e. The Morgan fingerprint density at radius 1 is 1.33 bits per heavy atom. The van der Waals surface area contributed by atoms with Crippen molar-refractivity contribution in [2.24, 2.45) is 5.73 Å². The van der Waals surface area contributed by atoms with E-state index in [2.05, 4.69) is 14.9 Å². The number of aromatic nitrogens is 2. The van der Waals surface area contributed by atoms with E-state index in [0.717, 1.165) is 0 Å². The molecule has 18 heavy (non-hydrogen) atoms. The summed E-state index contributed by atoms with van der Waals surface area (Å²) in [5, 5.41) is 6.21. The SMILES string of the molecule is NC(=S)c1cn[nH]c1NS(=O)(=O)c1ccccc1. The summed E-state index contributed by atoms with van der Waals surface area (Å²) < 4.78 is 26.4. The van der Waals surface area contributed by atoms with Gasteiger partial charge in [-0.2, -0.15) is 5.10 Å². The van der Waals surface area contributed by atoms with Crippen LogP contribution >= 0.6 is 12.2 Å². The molecule has 0 bridgehead atoms. The Morgan fingerprint density at radius 3 is 2.61 bits per heavy atom. The predicted octanol–water partition coefficient (Wildman–Crippen LogP) is 0.845. The van der Waals surface area contributed by atoms with Crippen molar-refractivity contribution in [3.63, 3.8) is 0 Å². The molecule has 2 aromatic rings. The number of hydrogen-bond acceptors (Lipinski definition) is 4. The van der Waals surface area contributed by atoms with Crippen molar-refractivity contribution in [1.82, 2.24) is 10.2 Å². The summed E-state index contributed by atoms with van der Waals surface area (Å²) in [4.78, 5) is 0.211. The Balaban J connectivity index is 2.34. The first-order valence-corrected chi connectivity index (χ1v) is 6.81. The average Bonchev–Trinajstić information content (AvgIpc) is 2.78. The second-order valence-electron chi connectivity index (χ2n) is 3.44. The summed E-state index contributed by atoms with van der Waals surface area (Å²) in [5.74, 6) is 0.159. The molecule has 0 aliphatic rings. The zero-order valence-corrected chi connectivity index (χ0v) is 10.8. The molecule has 8 heteroatoms. The standard InChI is InChI=1S/C10H10N4O2S2/c11-9(17)8-6-12-13-10(8)14-18(15,16)7-4-2-1-3-5-7/h1-6H,(H2,11,17)(H2,12,13,14). The second kappa shape index (κ2) is 4.75. The molecular weight excluding hydrogens is 272 g/mol. The van der Waals surface area contributed by atoms with Crippen molar-refractivity contribution < 1.29 is 8.42 Å². The number of anilines is 1. The number of thiocarbonyl (C=S) groups is 1. The van der Waals surface area contributed by atoms with Crippen LogP contribution in [-0.4, -0.2) is 23.6 Å². The maximum atomic E-state index is 12.0. The molecule has 0 saturated carbocycles. The van der Waals surface area contributed by atoms with Crippen molar-refractivity contribution in [3.8, 4) is 0 Å². The van der Waals surface area contributed by atoms with E-state index in [-0.39, 0.29) is 15.7 Å². The number of benzene rings is 1. The number of hydrogen-bond donors (Lipinski definition) is 3. The Morgan fingerprint density at radius 2 is 2.00 bits per heavy atom. The van der Waals surface area contributed by atoms with E-state index in [1.54, 1.807) is 18.2 Å². The Bertz CT molecular complexity index is 664. The molecule has 0 atom stereocenters. The Labute approximate surface area is 109 Å². The second-order valence-corrected chi connectivity index (χ2v) is 5.56. The number of aromatic amines is 1. The highest BCUT2D eigenvalue weighted by Crippen LogP contribution is 2.17. The fourth-order valence-electron chi connectivity index (χ4n) is 1.34. The molecule has 2 rings (SSSR count). The lowest BCUT2D eigenvalue weighted by molar-refractivity contribution is 0.601. The van der Waals surface area contributed by atoms with Gasteiger partial charge >= 0.3 is 0 Å². The minimum Gasteiger partial charge on any atom is -0.389 e. The lowest BCUT2D eigenvalue weighted by Crippen LogP contribution is -2.17. The van der Waals surface area contributed by atoms with Crippen molar-refractivity contribution >= 4 is 33.0 Å². The van der Waals surface area contributed by atoms with E-state index in [0.29, 0.717) is 5.56 Å². The number of nitrogens with two attached hydrogens (primary N) is 1. The summed E-state index contributed by atoms with van der Waals surface area (Å²) in [6, 6.07) is 7.97. The van der Waals surface area contributed by atoms with E-state index < -0.39 is 10.0 Å². The number of sulfonamides is 1. The van der Waals surface area contributed by atoms with Crippen LogP contribution in [0, 0.1) is 0 Å². The summed E-state index contributed by atoms with van der Waals surface area (Å²) >= 11 is 4.79. The summed E-state index contributed by atoms with van der Waals surface area (Å²) in [6.45, 7) is 0. The van der Waals surface area contributed by atoms with Crippen LogP contribution in [0.3, 0.4) is 0 Å². The molecule has 1 aromatic carbocycles. The van der Waals surface area contributed by atoms with E-state index >= 15 is 0 Å².